The first kappa shape index (κ1) is 8.18. The summed E-state index contributed by atoms with van der Waals surface area (Å²) in [7, 11) is 0. The van der Waals surface area contributed by atoms with E-state index in [9.17, 15) is 8.78 Å². The molecule has 0 N–H and O–H groups in total. The van der Waals surface area contributed by atoms with E-state index in [-0.39, 0.29) is 11.5 Å². The molecule has 1 aromatic rings. The molecule has 0 bridgehead atoms. The fourth-order valence-electron chi connectivity index (χ4n) is 1.36. The van der Waals surface area contributed by atoms with Crippen molar-refractivity contribution in [3.8, 4) is 6.07 Å². The van der Waals surface area contributed by atoms with Gasteiger partial charge in [-0.25, -0.2) is 8.78 Å². The molecule has 0 radical (unpaired) electrons. The van der Waals surface area contributed by atoms with Gasteiger partial charge in [-0.05, 0) is 30.4 Å². The highest BCUT2D eigenvalue weighted by atomic mass is 19.1. The van der Waals surface area contributed by atoms with Crippen molar-refractivity contribution in [3.05, 3.63) is 34.9 Å². The number of hydrogen-bond acceptors (Lipinski definition) is 1. The van der Waals surface area contributed by atoms with E-state index < -0.39 is 11.6 Å². The number of hydrogen-bond donors (Lipinski definition) is 0. The molecular weight excluding hydrogens is 172 g/mol. The molecule has 1 saturated carbocycles. The molecule has 0 amide bonds. The van der Waals surface area contributed by atoms with Crippen LogP contribution in [0.5, 0.6) is 0 Å². The van der Waals surface area contributed by atoms with Gasteiger partial charge in [-0.15, -0.1) is 0 Å². The zero-order chi connectivity index (χ0) is 9.42. The summed E-state index contributed by atoms with van der Waals surface area (Å²) in [6.07, 6.45) is 1.88. The Kier molecular flexibility index (Phi) is 1.77. The van der Waals surface area contributed by atoms with Gasteiger partial charge in [0.1, 0.15) is 17.7 Å². The lowest BCUT2D eigenvalue weighted by molar-refractivity contribution is 0.570. The topological polar surface area (TPSA) is 23.8 Å². The van der Waals surface area contributed by atoms with Crippen molar-refractivity contribution in [1.82, 2.24) is 0 Å². The minimum atomic E-state index is -0.774. The lowest BCUT2D eigenvalue weighted by Gasteiger charge is -2.01. The van der Waals surface area contributed by atoms with Crippen molar-refractivity contribution in [1.29, 1.82) is 5.26 Å². The van der Waals surface area contributed by atoms with Crippen molar-refractivity contribution < 1.29 is 8.78 Å². The summed E-state index contributed by atoms with van der Waals surface area (Å²) in [5, 5.41) is 8.52. The second-order valence-corrected chi connectivity index (χ2v) is 3.24. The van der Waals surface area contributed by atoms with Gasteiger partial charge in [0.25, 0.3) is 0 Å². The number of nitriles is 1. The molecule has 0 aromatic heterocycles. The van der Waals surface area contributed by atoms with Crippen LogP contribution in [0.3, 0.4) is 0 Å². The van der Waals surface area contributed by atoms with E-state index in [0.29, 0.717) is 5.56 Å². The average Bonchev–Trinajstić information content (AvgIpc) is 2.88. The van der Waals surface area contributed by atoms with E-state index in [0.717, 1.165) is 18.9 Å². The predicted molar refractivity (Wildman–Crippen MR) is 43.0 cm³/mol. The maximum Gasteiger partial charge on any atom is 0.143 e. The molecule has 1 aliphatic rings. The zero-order valence-corrected chi connectivity index (χ0v) is 6.85. The van der Waals surface area contributed by atoms with Crippen LogP contribution in [0.2, 0.25) is 0 Å². The quantitative estimate of drug-likeness (QED) is 0.650. The minimum absolute atomic E-state index is 0.0664. The first-order chi connectivity index (χ1) is 6.22. The molecule has 0 spiro atoms. The molecule has 1 nitrogen and oxygen atoms in total. The molecule has 0 atom stereocenters. The van der Waals surface area contributed by atoms with Crippen LogP contribution in [0.15, 0.2) is 12.1 Å². The Hall–Kier alpha value is -1.43. The van der Waals surface area contributed by atoms with Crippen LogP contribution in [0.1, 0.15) is 29.9 Å². The van der Waals surface area contributed by atoms with Crippen LogP contribution in [-0.2, 0) is 0 Å². The van der Waals surface area contributed by atoms with Gasteiger partial charge in [0.05, 0.1) is 5.56 Å². The second kappa shape index (κ2) is 2.81. The lowest BCUT2D eigenvalue weighted by Crippen LogP contribution is -1.93. The van der Waals surface area contributed by atoms with E-state index in [1.165, 1.54) is 6.07 Å². The molecular formula is C10H7F2N. The van der Waals surface area contributed by atoms with Crippen LogP contribution in [-0.4, -0.2) is 0 Å². The van der Waals surface area contributed by atoms with E-state index in [2.05, 4.69) is 0 Å². The Morgan fingerprint density at radius 1 is 1.23 bits per heavy atom. The van der Waals surface area contributed by atoms with E-state index in [4.69, 9.17) is 5.26 Å². The van der Waals surface area contributed by atoms with Crippen molar-refractivity contribution in [3.63, 3.8) is 0 Å². The van der Waals surface area contributed by atoms with Crippen molar-refractivity contribution >= 4 is 0 Å². The van der Waals surface area contributed by atoms with Crippen molar-refractivity contribution in [2.45, 2.75) is 18.8 Å². The Labute approximate surface area is 74.6 Å². The van der Waals surface area contributed by atoms with Crippen LogP contribution < -0.4 is 0 Å². The predicted octanol–water partition coefficient (Wildman–Crippen LogP) is 2.71. The normalized spacial score (nSPS) is 15.5. The summed E-state index contributed by atoms with van der Waals surface area (Å²) in [6.45, 7) is 0. The van der Waals surface area contributed by atoms with Crippen LogP contribution in [0, 0.1) is 23.0 Å². The summed E-state index contributed by atoms with van der Waals surface area (Å²) >= 11 is 0. The summed E-state index contributed by atoms with van der Waals surface area (Å²) < 4.78 is 26.0. The molecule has 66 valence electrons. The first-order valence-corrected chi connectivity index (χ1v) is 4.11. The van der Waals surface area contributed by atoms with Gasteiger partial charge >= 0.3 is 0 Å². The summed E-state index contributed by atoms with van der Waals surface area (Å²) in [5.74, 6) is -1.10. The van der Waals surface area contributed by atoms with E-state index in [1.807, 2.05) is 0 Å². The van der Waals surface area contributed by atoms with Gasteiger partial charge in [-0.3, -0.25) is 0 Å². The van der Waals surface area contributed by atoms with Gasteiger partial charge in [-0.2, -0.15) is 5.26 Å². The molecule has 0 saturated heterocycles. The second-order valence-electron chi connectivity index (χ2n) is 3.24. The maximum absolute atomic E-state index is 13.1. The van der Waals surface area contributed by atoms with Gasteiger partial charge in [0.2, 0.25) is 0 Å². The maximum atomic E-state index is 13.1. The van der Waals surface area contributed by atoms with Gasteiger partial charge in [-0.1, -0.05) is 0 Å². The summed E-state index contributed by atoms with van der Waals surface area (Å²) in [5.41, 5.74) is 0.418. The molecule has 13 heavy (non-hydrogen) atoms. The first-order valence-electron chi connectivity index (χ1n) is 4.11. The number of rotatable bonds is 1. The fourth-order valence-corrected chi connectivity index (χ4v) is 1.36. The van der Waals surface area contributed by atoms with E-state index in [1.54, 1.807) is 6.07 Å². The number of halogens is 2. The molecule has 3 heteroatoms. The SMILES string of the molecule is N#Cc1cc(C2CC2)c(F)cc1F. The van der Waals surface area contributed by atoms with Crippen molar-refractivity contribution in [2.24, 2.45) is 0 Å². The highest BCUT2D eigenvalue weighted by Crippen LogP contribution is 2.41. The van der Waals surface area contributed by atoms with Crippen molar-refractivity contribution in [2.75, 3.05) is 0 Å². The summed E-state index contributed by atoms with van der Waals surface area (Å²) in [6, 6.07) is 3.82. The monoisotopic (exact) mass is 179 g/mol. The number of benzene rings is 1. The lowest BCUT2D eigenvalue weighted by atomic mass is 10.1. The Morgan fingerprint density at radius 3 is 2.46 bits per heavy atom. The highest BCUT2D eigenvalue weighted by Gasteiger charge is 2.27. The molecule has 1 fully saturated rings. The molecule has 2 rings (SSSR count). The van der Waals surface area contributed by atoms with Crippen LogP contribution in [0.4, 0.5) is 8.78 Å². The molecule has 0 aliphatic heterocycles. The van der Waals surface area contributed by atoms with Crippen LogP contribution in [0.25, 0.3) is 0 Å². The molecule has 1 aromatic carbocycles. The Balaban J connectivity index is 2.52. The Morgan fingerprint density at radius 2 is 1.92 bits per heavy atom. The third kappa shape index (κ3) is 1.40. The van der Waals surface area contributed by atoms with Gasteiger partial charge < -0.3 is 0 Å². The van der Waals surface area contributed by atoms with E-state index >= 15 is 0 Å². The minimum Gasteiger partial charge on any atom is -0.207 e. The van der Waals surface area contributed by atoms with Gasteiger partial charge in [0.15, 0.2) is 0 Å². The third-order valence-electron chi connectivity index (χ3n) is 2.22. The average molecular weight is 179 g/mol. The third-order valence-corrected chi connectivity index (χ3v) is 2.22. The fraction of sp³-hybridized carbons (Fsp3) is 0.300. The molecule has 1 aliphatic carbocycles. The van der Waals surface area contributed by atoms with Crippen LogP contribution >= 0.6 is 0 Å². The number of nitrogens with zero attached hydrogens (tertiary/aromatic N) is 1. The Bertz CT molecular complexity index is 389. The summed E-state index contributed by atoms with van der Waals surface area (Å²) in [4.78, 5) is 0. The largest absolute Gasteiger partial charge is 0.207 e. The molecule has 0 heterocycles. The van der Waals surface area contributed by atoms with Gasteiger partial charge in [0, 0.05) is 6.07 Å². The smallest absolute Gasteiger partial charge is 0.143 e. The standard InChI is InChI=1S/C10H7F2N/c11-9-4-10(12)8(6-1-2-6)3-7(9)5-13/h3-4,6H,1-2H2. The highest BCUT2D eigenvalue weighted by molar-refractivity contribution is 5.38. The zero-order valence-electron chi connectivity index (χ0n) is 6.85. The molecule has 0 unspecified atom stereocenters.